The maximum atomic E-state index is 14.2. The number of benzene rings is 1. The van der Waals surface area contributed by atoms with Gasteiger partial charge in [-0.3, -0.25) is 0 Å². The third-order valence-electron chi connectivity index (χ3n) is 8.48. The largest absolute Gasteiger partial charge is 0.494 e. The van der Waals surface area contributed by atoms with Crippen LogP contribution in [0.1, 0.15) is 90.4 Å². The van der Waals surface area contributed by atoms with Crippen LogP contribution >= 0.6 is 22.6 Å². The van der Waals surface area contributed by atoms with Gasteiger partial charge >= 0.3 is 23.9 Å². The third kappa shape index (κ3) is 13.4. The molecule has 0 aliphatic rings. The molecule has 280 valence electrons. The monoisotopic (exact) mass is 842 g/mol. The Morgan fingerprint density at radius 1 is 0.653 bits per heavy atom. The minimum Gasteiger partial charge on any atom is -0.494 e. The van der Waals surface area contributed by atoms with Gasteiger partial charge in [0.05, 0.1) is 33.7 Å². The zero-order valence-corrected chi connectivity index (χ0v) is 31.5. The molecule has 0 bridgehead atoms. The van der Waals surface area contributed by atoms with E-state index in [0.717, 1.165) is 24.2 Å². The lowest BCUT2D eigenvalue weighted by molar-refractivity contribution is -0.396. The standard InChI is InChI=1S/C34H48F9IN2O2Si/c1-4-5-6-7-8-9-10-13-20-47-27-18-16-26(17-19-27)30-45-24-28(25-46-30)48-21-14-11-12-15-22-49(2,3)29(44)23-31(35,36)32(37,38)33(39,40)34(41,42)43/h16-19,24-25,29H,4-15,20-23H2,1-3H3. The average Bonchev–Trinajstić information content (AvgIpc) is 3.03. The van der Waals surface area contributed by atoms with Crippen molar-refractivity contribution in [3.63, 3.8) is 0 Å². The molecule has 4 nitrogen and oxygen atoms in total. The van der Waals surface area contributed by atoms with Crippen LogP contribution in [0.4, 0.5) is 39.5 Å². The van der Waals surface area contributed by atoms with E-state index < -0.39 is 42.0 Å². The van der Waals surface area contributed by atoms with Crippen LogP contribution in [0.5, 0.6) is 11.5 Å². The second-order valence-corrected chi connectivity index (χ2v) is 21.0. The molecule has 0 aliphatic heterocycles. The second kappa shape index (κ2) is 19.7. The van der Waals surface area contributed by atoms with E-state index in [1.165, 1.54) is 67.5 Å². The molecule has 0 saturated heterocycles. The summed E-state index contributed by atoms with van der Waals surface area (Å²) in [6, 6.07) is 8.00. The highest BCUT2D eigenvalue weighted by molar-refractivity contribution is 14.1. The molecule has 15 heteroatoms. The summed E-state index contributed by atoms with van der Waals surface area (Å²) in [4.78, 5) is 8.74. The van der Waals surface area contributed by atoms with E-state index in [1.54, 1.807) is 25.5 Å². The minimum absolute atomic E-state index is 0.373. The van der Waals surface area contributed by atoms with Crippen LogP contribution in [0.2, 0.25) is 19.1 Å². The quantitative estimate of drug-likeness (QED) is 0.0347. The third-order valence-corrected chi connectivity index (χ3v) is 17.5. The van der Waals surface area contributed by atoms with Crippen molar-refractivity contribution in [1.29, 1.82) is 0 Å². The SMILES string of the molecule is CCCCCCCCCCOc1ccc(-c2ncc(OCCCCCC[Si](C)(C)C(I)CC(F)(F)C(F)(F)C(F)(F)C(F)(F)F)cn2)cc1. The van der Waals surface area contributed by atoms with Crippen molar-refractivity contribution in [3.05, 3.63) is 36.7 Å². The molecule has 0 amide bonds. The molecule has 2 rings (SSSR count). The molecule has 0 aliphatic carbocycles. The number of ether oxygens (including phenoxy) is 2. The van der Waals surface area contributed by atoms with Gasteiger partial charge < -0.3 is 9.47 Å². The highest BCUT2D eigenvalue weighted by atomic mass is 127. The fraction of sp³-hybridized carbons (Fsp3) is 0.706. The molecule has 0 spiro atoms. The number of alkyl halides is 10. The number of halogens is 10. The van der Waals surface area contributed by atoms with Crippen molar-refractivity contribution < 1.29 is 49.0 Å². The summed E-state index contributed by atoms with van der Waals surface area (Å²) < 4.78 is 130. The molecule has 1 unspecified atom stereocenters. The Balaban J connectivity index is 1.67. The molecule has 0 radical (unpaired) electrons. The molecule has 0 fully saturated rings. The van der Waals surface area contributed by atoms with Crippen molar-refractivity contribution in [2.24, 2.45) is 0 Å². The number of hydrogen-bond donors (Lipinski definition) is 0. The summed E-state index contributed by atoms with van der Waals surface area (Å²) in [5.41, 5.74) is 0.836. The van der Waals surface area contributed by atoms with Crippen LogP contribution in [-0.2, 0) is 0 Å². The second-order valence-electron chi connectivity index (χ2n) is 13.1. The van der Waals surface area contributed by atoms with E-state index in [0.29, 0.717) is 50.1 Å². The van der Waals surface area contributed by atoms with Crippen molar-refractivity contribution in [2.75, 3.05) is 13.2 Å². The number of hydrogen-bond acceptors (Lipinski definition) is 4. The summed E-state index contributed by atoms with van der Waals surface area (Å²) in [6.07, 6.45) is 7.14. The highest BCUT2D eigenvalue weighted by Crippen LogP contribution is 2.55. The van der Waals surface area contributed by atoms with Gasteiger partial charge in [0.25, 0.3) is 0 Å². The Bertz CT molecular complexity index is 1220. The molecule has 2 aromatic rings. The molecule has 49 heavy (non-hydrogen) atoms. The first-order valence-electron chi connectivity index (χ1n) is 16.9. The van der Waals surface area contributed by atoms with Crippen molar-refractivity contribution in [1.82, 2.24) is 9.97 Å². The van der Waals surface area contributed by atoms with Crippen molar-refractivity contribution in [3.8, 4) is 22.9 Å². The topological polar surface area (TPSA) is 44.2 Å². The molecule has 1 heterocycles. The molecule has 1 atom stereocenters. The average molecular weight is 843 g/mol. The molecule has 1 aromatic carbocycles. The number of nitrogens with zero attached hydrogens (tertiary/aromatic N) is 2. The van der Waals surface area contributed by atoms with Crippen molar-refractivity contribution >= 4 is 30.7 Å². The van der Waals surface area contributed by atoms with E-state index >= 15 is 0 Å². The first kappa shape index (κ1) is 43.4. The van der Waals surface area contributed by atoms with E-state index in [-0.39, 0.29) is 0 Å². The summed E-state index contributed by atoms with van der Waals surface area (Å²) in [5, 5.41) is 0. The van der Waals surface area contributed by atoms with Gasteiger partial charge in [-0.25, -0.2) is 9.97 Å². The van der Waals surface area contributed by atoms with Crippen LogP contribution in [0.25, 0.3) is 11.4 Å². The molecule has 0 N–H and O–H groups in total. The Labute approximate surface area is 298 Å². The Hall–Kier alpha value is -1.78. The summed E-state index contributed by atoms with van der Waals surface area (Å²) in [5.74, 6) is -17.1. The maximum Gasteiger partial charge on any atom is 0.460 e. The molecular weight excluding hydrogens is 794 g/mol. The van der Waals surface area contributed by atoms with Crippen LogP contribution in [0.3, 0.4) is 0 Å². The van der Waals surface area contributed by atoms with Crippen molar-refractivity contribution in [2.45, 2.75) is 137 Å². The minimum atomic E-state index is -6.85. The highest BCUT2D eigenvalue weighted by Gasteiger charge is 2.81. The normalized spacial score (nSPS) is 13.8. The van der Waals surface area contributed by atoms with Crippen LogP contribution < -0.4 is 9.47 Å². The zero-order valence-electron chi connectivity index (χ0n) is 28.3. The van der Waals surface area contributed by atoms with Gasteiger partial charge in [-0.1, -0.05) is 113 Å². The van der Waals surface area contributed by atoms with Gasteiger partial charge in [0.1, 0.15) is 5.75 Å². The van der Waals surface area contributed by atoms with E-state index in [4.69, 9.17) is 9.47 Å². The number of aromatic nitrogens is 2. The fourth-order valence-electron chi connectivity index (χ4n) is 5.09. The van der Waals surface area contributed by atoms with E-state index in [2.05, 4.69) is 16.9 Å². The van der Waals surface area contributed by atoms with Crippen LogP contribution in [0, 0.1) is 0 Å². The summed E-state index contributed by atoms with van der Waals surface area (Å²) >= 11 is 1.48. The number of rotatable bonds is 24. The van der Waals surface area contributed by atoms with E-state index in [9.17, 15) is 39.5 Å². The summed E-state index contributed by atoms with van der Waals surface area (Å²) in [6.45, 7) is 6.54. The lowest BCUT2D eigenvalue weighted by atomic mass is 10.0. The van der Waals surface area contributed by atoms with Crippen LogP contribution in [0.15, 0.2) is 36.7 Å². The number of unbranched alkanes of at least 4 members (excludes halogenated alkanes) is 10. The van der Waals surface area contributed by atoms with Crippen LogP contribution in [-0.4, -0.2) is 58.7 Å². The predicted molar refractivity (Wildman–Crippen MR) is 185 cm³/mol. The smallest absolute Gasteiger partial charge is 0.460 e. The lowest BCUT2D eigenvalue weighted by Gasteiger charge is -2.37. The van der Waals surface area contributed by atoms with Gasteiger partial charge in [0, 0.05) is 15.5 Å². The maximum absolute atomic E-state index is 14.2. The fourth-order valence-corrected chi connectivity index (χ4v) is 8.86. The summed E-state index contributed by atoms with van der Waals surface area (Å²) in [7, 11) is -2.68. The Morgan fingerprint density at radius 2 is 1.12 bits per heavy atom. The van der Waals surface area contributed by atoms with Gasteiger partial charge in [-0.15, -0.1) is 0 Å². The molecular formula is C34H48F9IN2O2Si. The van der Waals surface area contributed by atoms with Gasteiger partial charge in [0.15, 0.2) is 11.6 Å². The lowest BCUT2D eigenvalue weighted by Crippen LogP contribution is -2.62. The van der Waals surface area contributed by atoms with Gasteiger partial charge in [-0.05, 0) is 37.1 Å². The first-order valence-corrected chi connectivity index (χ1v) is 21.4. The van der Waals surface area contributed by atoms with E-state index in [1.807, 2.05) is 24.3 Å². The zero-order chi connectivity index (χ0) is 36.8. The Morgan fingerprint density at radius 3 is 1.63 bits per heavy atom. The molecule has 0 saturated carbocycles. The van der Waals surface area contributed by atoms with Gasteiger partial charge in [-0.2, -0.15) is 39.5 Å². The van der Waals surface area contributed by atoms with Gasteiger partial charge in [0.2, 0.25) is 0 Å². The predicted octanol–water partition coefficient (Wildman–Crippen LogP) is 12.5. The Kier molecular flexibility index (Phi) is 17.5. The first-order chi connectivity index (χ1) is 22.9. The molecule has 1 aromatic heterocycles.